The quantitative estimate of drug-likeness (QED) is 0.794. The van der Waals surface area contributed by atoms with Crippen LogP contribution in [0.1, 0.15) is 71.0 Å². The predicted molar refractivity (Wildman–Crippen MR) is 96.4 cm³/mol. The van der Waals surface area contributed by atoms with Crippen molar-refractivity contribution in [1.29, 1.82) is 0 Å². The number of thiazole rings is 1. The fourth-order valence-corrected chi connectivity index (χ4v) is 3.36. The summed E-state index contributed by atoms with van der Waals surface area (Å²) in [6.07, 6.45) is 1.39. The molecule has 136 valence electrons. The van der Waals surface area contributed by atoms with Gasteiger partial charge in [0.2, 0.25) is 0 Å². The number of aromatic nitrogens is 1. The summed E-state index contributed by atoms with van der Waals surface area (Å²) < 4.78 is 11.6. The van der Waals surface area contributed by atoms with Gasteiger partial charge in [-0.05, 0) is 40.5 Å². The van der Waals surface area contributed by atoms with E-state index in [1.807, 2.05) is 20.8 Å². The molecule has 1 amide bonds. The van der Waals surface area contributed by atoms with E-state index in [1.165, 1.54) is 0 Å². The standard InChI is InChI=1S/C18H30N2O3S/c1-13(2)15-19-14(12-24-15)11-22-18(6)7-9-20(10-8-18)16(21)23-17(3,4)5/h12-13H,7-11H2,1-6H3. The van der Waals surface area contributed by atoms with Crippen molar-refractivity contribution >= 4 is 17.4 Å². The molecule has 1 fully saturated rings. The molecule has 2 rings (SSSR count). The molecule has 1 aliphatic heterocycles. The monoisotopic (exact) mass is 354 g/mol. The second-order valence-corrected chi connectivity index (χ2v) is 8.93. The minimum Gasteiger partial charge on any atom is -0.444 e. The number of ether oxygens (including phenoxy) is 2. The van der Waals surface area contributed by atoms with E-state index in [2.05, 4.69) is 31.1 Å². The van der Waals surface area contributed by atoms with Crippen molar-refractivity contribution in [1.82, 2.24) is 9.88 Å². The SMILES string of the molecule is CC(C)c1nc(COC2(C)CCN(C(=O)OC(C)(C)C)CC2)cs1. The van der Waals surface area contributed by atoms with E-state index < -0.39 is 5.60 Å². The van der Waals surface area contributed by atoms with Gasteiger partial charge in [-0.15, -0.1) is 11.3 Å². The number of nitrogens with zero attached hydrogens (tertiary/aromatic N) is 2. The summed E-state index contributed by atoms with van der Waals surface area (Å²) >= 11 is 1.69. The van der Waals surface area contributed by atoms with Gasteiger partial charge in [0.05, 0.1) is 22.9 Å². The zero-order valence-electron chi connectivity index (χ0n) is 15.7. The second kappa shape index (κ2) is 7.40. The van der Waals surface area contributed by atoms with Gasteiger partial charge in [-0.25, -0.2) is 9.78 Å². The van der Waals surface area contributed by atoms with Gasteiger partial charge in [-0.3, -0.25) is 0 Å². The summed E-state index contributed by atoms with van der Waals surface area (Å²) in [5, 5.41) is 3.23. The molecule has 1 saturated heterocycles. The molecule has 0 aliphatic carbocycles. The van der Waals surface area contributed by atoms with Crippen molar-refractivity contribution in [2.75, 3.05) is 13.1 Å². The minimum atomic E-state index is -0.451. The van der Waals surface area contributed by atoms with Crippen LogP contribution in [0.25, 0.3) is 0 Å². The molecule has 0 atom stereocenters. The molecule has 1 aliphatic rings. The van der Waals surface area contributed by atoms with E-state index in [1.54, 1.807) is 16.2 Å². The second-order valence-electron chi connectivity index (χ2n) is 8.04. The summed E-state index contributed by atoms with van der Waals surface area (Å²) in [6.45, 7) is 14.0. The lowest BCUT2D eigenvalue weighted by Crippen LogP contribution is -2.47. The third-order valence-electron chi connectivity index (χ3n) is 4.10. The Morgan fingerprint density at radius 3 is 2.50 bits per heavy atom. The molecular weight excluding hydrogens is 324 g/mol. The molecule has 0 aromatic carbocycles. The van der Waals surface area contributed by atoms with Crippen molar-refractivity contribution in [3.8, 4) is 0 Å². The van der Waals surface area contributed by atoms with Crippen LogP contribution in [-0.4, -0.2) is 40.3 Å². The maximum Gasteiger partial charge on any atom is 0.410 e. The highest BCUT2D eigenvalue weighted by atomic mass is 32.1. The zero-order chi connectivity index (χ0) is 18.0. The first-order valence-electron chi connectivity index (χ1n) is 8.64. The highest BCUT2D eigenvalue weighted by Crippen LogP contribution is 2.28. The van der Waals surface area contributed by atoms with Gasteiger partial charge in [0.1, 0.15) is 5.60 Å². The van der Waals surface area contributed by atoms with Crippen LogP contribution in [0.3, 0.4) is 0 Å². The van der Waals surface area contributed by atoms with Crippen LogP contribution in [0.15, 0.2) is 5.38 Å². The highest BCUT2D eigenvalue weighted by Gasteiger charge is 2.34. The van der Waals surface area contributed by atoms with Gasteiger partial charge in [-0.2, -0.15) is 0 Å². The number of hydrogen-bond acceptors (Lipinski definition) is 5. The molecule has 0 spiro atoms. The number of hydrogen-bond donors (Lipinski definition) is 0. The third-order valence-corrected chi connectivity index (χ3v) is 5.30. The van der Waals surface area contributed by atoms with Gasteiger partial charge in [0, 0.05) is 24.4 Å². The third kappa shape index (κ3) is 5.45. The van der Waals surface area contributed by atoms with Gasteiger partial charge < -0.3 is 14.4 Å². The van der Waals surface area contributed by atoms with Crippen LogP contribution < -0.4 is 0 Å². The number of carbonyl (C=O) groups is 1. The van der Waals surface area contributed by atoms with Crippen LogP contribution >= 0.6 is 11.3 Å². The smallest absolute Gasteiger partial charge is 0.410 e. The van der Waals surface area contributed by atoms with Crippen molar-refractivity contribution in [3.63, 3.8) is 0 Å². The Bertz CT molecular complexity index is 555. The van der Waals surface area contributed by atoms with Crippen LogP contribution in [0.5, 0.6) is 0 Å². The molecule has 1 aromatic rings. The van der Waals surface area contributed by atoms with Crippen LogP contribution in [0.2, 0.25) is 0 Å². The maximum atomic E-state index is 12.1. The average molecular weight is 355 g/mol. The van der Waals surface area contributed by atoms with Gasteiger partial charge in [-0.1, -0.05) is 13.8 Å². The summed E-state index contributed by atoms with van der Waals surface area (Å²) in [5.74, 6) is 0.455. The van der Waals surface area contributed by atoms with Crippen LogP contribution in [0.4, 0.5) is 4.79 Å². The van der Waals surface area contributed by atoms with Gasteiger partial charge in [0.15, 0.2) is 0 Å². The number of amides is 1. The van der Waals surface area contributed by atoms with Crippen molar-refractivity contribution in [3.05, 3.63) is 16.1 Å². The molecule has 6 heteroatoms. The van der Waals surface area contributed by atoms with E-state index in [4.69, 9.17) is 9.47 Å². The Kier molecular flexibility index (Phi) is 5.91. The lowest BCUT2D eigenvalue weighted by Gasteiger charge is -2.39. The Hall–Kier alpha value is -1.14. The molecule has 1 aromatic heterocycles. The Balaban J connectivity index is 1.82. The Morgan fingerprint density at radius 1 is 1.38 bits per heavy atom. The van der Waals surface area contributed by atoms with Crippen molar-refractivity contribution in [2.45, 2.75) is 78.1 Å². The average Bonchev–Trinajstić information content (AvgIpc) is 2.93. The minimum absolute atomic E-state index is 0.208. The largest absolute Gasteiger partial charge is 0.444 e. The van der Waals surface area contributed by atoms with E-state index in [-0.39, 0.29) is 11.7 Å². The first kappa shape index (κ1) is 19.2. The Labute approximate surface area is 149 Å². The number of piperidine rings is 1. The molecular formula is C18H30N2O3S. The fraction of sp³-hybridized carbons (Fsp3) is 0.778. The van der Waals surface area contributed by atoms with Crippen LogP contribution in [0, 0.1) is 0 Å². The van der Waals surface area contributed by atoms with E-state index in [9.17, 15) is 4.79 Å². The maximum absolute atomic E-state index is 12.1. The lowest BCUT2D eigenvalue weighted by atomic mass is 9.93. The molecule has 5 nitrogen and oxygen atoms in total. The highest BCUT2D eigenvalue weighted by molar-refractivity contribution is 7.09. The van der Waals surface area contributed by atoms with Crippen LogP contribution in [-0.2, 0) is 16.1 Å². The van der Waals surface area contributed by atoms with E-state index in [0.29, 0.717) is 25.6 Å². The summed E-state index contributed by atoms with van der Waals surface area (Å²) in [7, 11) is 0. The molecule has 0 N–H and O–H groups in total. The molecule has 0 radical (unpaired) electrons. The van der Waals surface area contributed by atoms with Crippen molar-refractivity contribution in [2.24, 2.45) is 0 Å². The number of rotatable bonds is 4. The van der Waals surface area contributed by atoms with E-state index in [0.717, 1.165) is 23.5 Å². The summed E-state index contributed by atoms with van der Waals surface area (Å²) in [4.78, 5) is 18.5. The van der Waals surface area contributed by atoms with Gasteiger partial charge in [0.25, 0.3) is 0 Å². The first-order valence-corrected chi connectivity index (χ1v) is 9.52. The van der Waals surface area contributed by atoms with E-state index >= 15 is 0 Å². The number of likely N-dealkylation sites (tertiary alicyclic amines) is 1. The molecule has 24 heavy (non-hydrogen) atoms. The molecule has 0 saturated carbocycles. The fourth-order valence-electron chi connectivity index (χ4n) is 2.54. The first-order chi connectivity index (χ1) is 11.1. The van der Waals surface area contributed by atoms with Gasteiger partial charge >= 0.3 is 6.09 Å². The van der Waals surface area contributed by atoms with Crippen molar-refractivity contribution < 1.29 is 14.3 Å². The Morgan fingerprint density at radius 2 is 2.00 bits per heavy atom. The summed E-state index contributed by atoms with van der Waals surface area (Å²) in [5.41, 5.74) is 0.340. The normalized spacial score (nSPS) is 18.0. The number of carbonyl (C=O) groups excluding carboxylic acids is 1. The lowest BCUT2D eigenvalue weighted by molar-refractivity contribution is -0.0820. The topological polar surface area (TPSA) is 51.7 Å². The molecule has 0 bridgehead atoms. The summed E-state index contributed by atoms with van der Waals surface area (Å²) in [6, 6.07) is 0. The molecule has 2 heterocycles. The molecule has 0 unspecified atom stereocenters. The predicted octanol–water partition coefficient (Wildman–Crippen LogP) is 4.57. The zero-order valence-corrected chi connectivity index (χ0v) is 16.5.